The normalized spacial score (nSPS) is 13.1. The molecule has 1 atom stereocenters. The summed E-state index contributed by atoms with van der Waals surface area (Å²) in [6.45, 7) is 1.61. The Morgan fingerprint density at radius 1 is 1.18 bits per heavy atom. The lowest BCUT2D eigenvalue weighted by atomic mass is 10.1. The average molecular weight is 435 g/mol. The first kappa shape index (κ1) is 22.0. The van der Waals surface area contributed by atoms with Crippen molar-refractivity contribution in [3.63, 3.8) is 0 Å². The molecular weight excluding hydrogens is 417 g/mol. The van der Waals surface area contributed by atoms with E-state index in [0.717, 1.165) is 16.6 Å². The fraction of sp³-hybridized carbons (Fsp3) is 0.278. The number of hydrogen-bond acceptors (Lipinski definition) is 3. The lowest BCUT2D eigenvalue weighted by Crippen LogP contribution is -2.47. The van der Waals surface area contributed by atoms with Crippen molar-refractivity contribution in [1.82, 2.24) is 0 Å². The molecule has 10 heteroatoms. The number of nitrogens with one attached hydrogen (secondary N) is 1. The standard InChI is InChI=1S/C18H18ClF3N2O3S/c1-3-16(24(28(2,26)27)13-7-5-4-6-8-13)17(25)23-12-9-10-15(19)14(11-12)18(20,21)22/h4-11,16H,3H2,1-2H3,(H,23,25)/t16-/m1/s1. The Kier molecular flexibility index (Phi) is 6.61. The van der Waals surface area contributed by atoms with Crippen molar-refractivity contribution < 1.29 is 26.4 Å². The molecule has 0 unspecified atom stereocenters. The van der Waals surface area contributed by atoms with Crippen LogP contribution in [0.15, 0.2) is 48.5 Å². The van der Waals surface area contributed by atoms with Crippen molar-refractivity contribution in [2.24, 2.45) is 0 Å². The van der Waals surface area contributed by atoms with Crippen molar-refractivity contribution in [1.29, 1.82) is 0 Å². The molecule has 0 fully saturated rings. The molecule has 0 saturated heterocycles. The van der Waals surface area contributed by atoms with Gasteiger partial charge in [0.15, 0.2) is 0 Å². The maximum atomic E-state index is 13.0. The predicted octanol–water partition coefficient (Wildman–Crippen LogP) is 4.54. The second kappa shape index (κ2) is 8.40. The summed E-state index contributed by atoms with van der Waals surface area (Å²) in [6.07, 6.45) is -3.63. The summed E-state index contributed by atoms with van der Waals surface area (Å²) in [5.41, 5.74) is -0.955. The lowest BCUT2D eigenvalue weighted by molar-refractivity contribution is -0.137. The molecule has 0 bridgehead atoms. The van der Waals surface area contributed by atoms with Gasteiger partial charge < -0.3 is 5.32 Å². The second-order valence-electron chi connectivity index (χ2n) is 6.00. The molecule has 0 aromatic heterocycles. The Bertz CT molecular complexity index is 950. The molecule has 28 heavy (non-hydrogen) atoms. The maximum Gasteiger partial charge on any atom is 0.417 e. The Labute approximate surface area is 166 Å². The highest BCUT2D eigenvalue weighted by molar-refractivity contribution is 7.92. The van der Waals surface area contributed by atoms with E-state index in [9.17, 15) is 26.4 Å². The van der Waals surface area contributed by atoms with Gasteiger partial charge in [-0.1, -0.05) is 36.7 Å². The van der Waals surface area contributed by atoms with E-state index in [1.807, 2.05) is 0 Å². The SMILES string of the molecule is CC[C@H](C(=O)Nc1ccc(Cl)c(C(F)(F)F)c1)N(c1ccccc1)S(C)(=O)=O. The molecule has 0 heterocycles. The Balaban J connectivity index is 2.38. The van der Waals surface area contributed by atoms with Gasteiger partial charge in [-0.15, -0.1) is 0 Å². The van der Waals surface area contributed by atoms with Crippen LogP contribution in [0.25, 0.3) is 0 Å². The zero-order chi connectivity index (χ0) is 21.1. The third-order valence-corrected chi connectivity index (χ3v) is 5.39. The molecule has 0 aliphatic carbocycles. The summed E-state index contributed by atoms with van der Waals surface area (Å²) >= 11 is 5.58. The summed E-state index contributed by atoms with van der Waals surface area (Å²) in [4.78, 5) is 12.7. The van der Waals surface area contributed by atoms with E-state index in [4.69, 9.17) is 11.6 Å². The number of para-hydroxylation sites is 1. The highest BCUT2D eigenvalue weighted by atomic mass is 35.5. The minimum atomic E-state index is -4.69. The van der Waals surface area contributed by atoms with Crippen LogP contribution in [-0.4, -0.2) is 26.6 Å². The van der Waals surface area contributed by atoms with Crippen LogP contribution in [0.4, 0.5) is 24.5 Å². The minimum Gasteiger partial charge on any atom is -0.324 e. The summed E-state index contributed by atoms with van der Waals surface area (Å²) < 4.78 is 64.6. The first-order chi connectivity index (χ1) is 12.9. The lowest BCUT2D eigenvalue weighted by Gasteiger charge is -2.30. The predicted molar refractivity (Wildman–Crippen MR) is 103 cm³/mol. The van der Waals surface area contributed by atoms with E-state index >= 15 is 0 Å². The smallest absolute Gasteiger partial charge is 0.324 e. The van der Waals surface area contributed by atoms with Crippen LogP contribution in [0, 0.1) is 0 Å². The largest absolute Gasteiger partial charge is 0.417 e. The molecule has 152 valence electrons. The molecule has 0 aliphatic heterocycles. The Morgan fingerprint density at radius 2 is 1.79 bits per heavy atom. The Hall–Kier alpha value is -2.26. The molecule has 2 aromatic rings. The number of hydrogen-bond donors (Lipinski definition) is 1. The first-order valence-corrected chi connectivity index (χ1v) is 10.4. The summed E-state index contributed by atoms with van der Waals surface area (Å²) in [5.74, 6) is -0.757. The van der Waals surface area contributed by atoms with Gasteiger partial charge in [-0.25, -0.2) is 8.42 Å². The summed E-state index contributed by atoms with van der Waals surface area (Å²) in [6, 6.07) is 9.78. The van der Waals surface area contributed by atoms with Gasteiger partial charge in [0.25, 0.3) is 0 Å². The zero-order valence-electron chi connectivity index (χ0n) is 15.0. The van der Waals surface area contributed by atoms with Crippen molar-refractivity contribution in [3.05, 3.63) is 59.1 Å². The van der Waals surface area contributed by atoms with Crippen molar-refractivity contribution in [3.8, 4) is 0 Å². The van der Waals surface area contributed by atoms with Gasteiger partial charge >= 0.3 is 6.18 Å². The van der Waals surface area contributed by atoms with Gasteiger partial charge in [0.1, 0.15) is 6.04 Å². The molecule has 1 amide bonds. The molecule has 5 nitrogen and oxygen atoms in total. The highest BCUT2D eigenvalue weighted by Crippen LogP contribution is 2.36. The van der Waals surface area contributed by atoms with Gasteiger partial charge in [0, 0.05) is 5.69 Å². The number of sulfonamides is 1. The van der Waals surface area contributed by atoms with Crippen molar-refractivity contribution in [2.75, 3.05) is 15.9 Å². The van der Waals surface area contributed by atoms with Crippen LogP contribution in [0.2, 0.25) is 5.02 Å². The molecule has 2 aromatic carbocycles. The number of alkyl halides is 3. The van der Waals surface area contributed by atoms with E-state index in [1.54, 1.807) is 25.1 Å². The third-order valence-electron chi connectivity index (χ3n) is 3.88. The molecule has 0 spiro atoms. The number of benzene rings is 2. The van der Waals surface area contributed by atoms with Crippen LogP contribution in [0.5, 0.6) is 0 Å². The number of carbonyl (C=O) groups is 1. The van der Waals surface area contributed by atoms with E-state index in [-0.39, 0.29) is 17.8 Å². The van der Waals surface area contributed by atoms with Gasteiger partial charge in [-0.3, -0.25) is 9.10 Å². The van der Waals surface area contributed by atoms with Crippen LogP contribution in [0.3, 0.4) is 0 Å². The summed E-state index contributed by atoms with van der Waals surface area (Å²) in [7, 11) is -3.83. The molecule has 1 N–H and O–H groups in total. The topological polar surface area (TPSA) is 66.5 Å². The fourth-order valence-electron chi connectivity index (χ4n) is 2.68. The number of halogens is 4. The number of rotatable bonds is 6. The van der Waals surface area contributed by atoms with Crippen LogP contribution < -0.4 is 9.62 Å². The molecule has 2 rings (SSSR count). The number of amides is 1. The molecule has 0 aliphatic rings. The molecule has 0 saturated carbocycles. The van der Waals surface area contributed by atoms with E-state index in [1.165, 1.54) is 18.2 Å². The van der Waals surface area contributed by atoms with E-state index < -0.39 is 38.7 Å². The fourth-order valence-corrected chi connectivity index (χ4v) is 4.12. The third kappa shape index (κ3) is 5.17. The number of carbonyl (C=O) groups excluding carboxylic acids is 1. The monoisotopic (exact) mass is 434 g/mol. The van der Waals surface area contributed by atoms with Crippen molar-refractivity contribution in [2.45, 2.75) is 25.6 Å². The van der Waals surface area contributed by atoms with Gasteiger partial charge in [0.2, 0.25) is 15.9 Å². The summed E-state index contributed by atoms with van der Waals surface area (Å²) in [5, 5.41) is 1.85. The van der Waals surface area contributed by atoms with Crippen LogP contribution >= 0.6 is 11.6 Å². The average Bonchev–Trinajstić information content (AvgIpc) is 2.59. The van der Waals surface area contributed by atoms with E-state index in [2.05, 4.69) is 5.32 Å². The van der Waals surface area contributed by atoms with Crippen LogP contribution in [-0.2, 0) is 21.0 Å². The first-order valence-electron chi connectivity index (χ1n) is 8.17. The zero-order valence-corrected chi connectivity index (χ0v) is 16.6. The Morgan fingerprint density at radius 3 is 2.29 bits per heavy atom. The van der Waals surface area contributed by atoms with Crippen LogP contribution in [0.1, 0.15) is 18.9 Å². The minimum absolute atomic E-state index is 0.105. The molecule has 0 radical (unpaired) electrons. The number of anilines is 2. The molecular formula is C18H18ClF3N2O3S. The van der Waals surface area contributed by atoms with Gasteiger partial charge in [-0.05, 0) is 36.8 Å². The highest BCUT2D eigenvalue weighted by Gasteiger charge is 2.34. The van der Waals surface area contributed by atoms with Gasteiger partial charge in [0.05, 0.1) is 22.5 Å². The van der Waals surface area contributed by atoms with Gasteiger partial charge in [-0.2, -0.15) is 13.2 Å². The van der Waals surface area contributed by atoms with Crippen molar-refractivity contribution >= 4 is 38.9 Å². The van der Waals surface area contributed by atoms with E-state index in [0.29, 0.717) is 6.07 Å². The number of nitrogens with zero attached hydrogens (tertiary/aromatic N) is 1. The quantitative estimate of drug-likeness (QED) is 0.725. The maximum absolute atomic E-state index is 13.0. The second-order valence-corrected chi connectivity index (χ2v) is 8.27.